The average molecular weight is 513 g/mol. The molecule has 2 aromatic heterocycles. The number of aromatic nitrogens is 2. The summed E-state index contributed by atoms with van der Waals surface area (Å²) in [5.41, 5.74) is 0.930. The third kappa shape index (κ3) is 5.97. The second kappa shape index (κ2) is 11.7. The number of hydrogen-bond acceptors (Lipinski definition) is 6. The first-order chi connectivity index (χ1) is 16.9. The lowest BCUT2D eigenvalue weighted by Gasteiger charge is -2.36. The molecule has 188 valence electrons. The Hall–Kier alpha value is -2.19. The highest BCUT2D eigenvalue weighted by Gasteiger charge is 2.33. The predicted octanol–water partition coefficient (Wildman–Crippen LogP) is 5.74. The van der Waals surface area contributed by atoms with E-state index in [0.29, 0.717) is 44.6 Å². The average Bonchev–Trinajstić information content (AvgIpc) is 3.09. The zero-order valence-corrected chi connectivity index (χ0v) is 22.7. The zero-order valence-electron chi connectivity index (χ0n) is 21.0. The first-order valence-electron chi connectivity index (χ1n) is 12.9. The molecule has 2 saturated heterocycles. The summed E-state index contributed by atoms with van der Waals surface area (Å²) in [5, 5.41) is 0. The Morgan fingerprint density at radius 3 is 2.54 bits per heavy atom. The van der Waals surface area contributed by atoms with Crippen molar-refractivity contribution in [2.24, 2.45) is 11.8 Å². The quantitative estimate of drug-likeness (QED) is 0.243. The molecule has 2 unspecified atom stereocenters. The molecule has 4 rings (SSSR count). The molecular weight excluding hydrogens is 476 g/mol. The van der Waals surface area contributed by atoms with Crippen LogP contribution in [0.1, 0.15) is 71.3 Å². The molecule has 2 aliphatic heterocycles. The van der Waals surface area contributed by atoms with Crippen molar-refractivity contribution in [3.8, 4) is 0 Å². The van der Waals surface area contributed by atoms with E-state index in [1.807, 2.05) is 18.2 Å². The van der Waals surface area contributed by atoms with Gasteiger partial charge in [0.1, 0.15) is 15.8 Å². The van der Waals surface area contributed by atoms with Crippen molar-refractivity contribution in [2.45, 2.75) is 65.7 Å². The van der Waals surface area contributed by atoms with Gasteiger partial charge in [-0.25, -0.2) is 4.98 Å². The van der Waals surface area contributed by atoms with E-state index >= 15 is 0 Å². The van der Waals surface area contributed by atoms with Gasteiger partial charge in [0.15, 0.2) is 0 Å². The number of carbonyl (C=O) groups excluding carboxylic acids is 1. The lowest BCUT2D eigenvalue weighted by atomic mass is 9.91. The van der Waals surface area contributed by atoms with Gasteiger partial charge in [-0.15, -0.1) is 0 Å². The summed E-state index contributed by atoms with van der Waals surface area (Å²) in [4.78, 5) is 36.2. The van der Waals surface area contributed by atoms with Gasteiger partial charge in [0.25, 0.3) is 11.5 Å². The summed E-state index contributed by atoms with van der Waals surface area (Å²) in [6.45, 7) is 9.02. The fourth-order valence-corrected chi connectivity index (χ4v) is 6.46. The Bertz CT molecular complexity index is 1170. The molecule has 0 aromatic carbocycles. The smallest absolute Gasteiger partial charge is 0.267 e. The normalized spacial score (nSPS) is 22.1. The first kappa shape index (κ1) is 25.9. The Balaban J connectivity index is 1.63. The molecule has 0 spiro atoms. The predicted molar refractivity (Wildman–Crippen MR) is 150 cm³/mol. The molecule has 0 bridgehead atoms. The van der Waals surface area contributed by atoms with Crippen molar-refractivity contribution in [1.29, 1.82) is 0 Å². The summed E-state index contributed by atoms with van der Waals surface area (Å²) < 4.78 is 2.13. The third-order valence-corrected chi connectivity index (χ3v) is 8.18. The molecule has 0 N–H and O–H groups in total. The number of thioether (sulfide) groups is 1. The number of fused-ring (bicyclic) bond motifs is 1. The van der Waals surface area contributed by atoms with E-state index in [2.05, 4.69) is 25.7 Å². The van der Waals surface area contributed by atoms with Crippen LogP contribution in [-0.4, -0.2) is 44.1 Å². The molecule has 35 heavy (non-hydrogen) atoms. The van der Waals surface area contributed by atoms with Crippen LogP contribution in [0.4, 0.5) is 5.82 Å². The number of thiocarbonyl (C=S) groups is 1. The molecule has 0 saturated carbocycles. The monoisotopic (exact) mass is 512 g/mol. The van der Waals surface area contributed by atoms with Crippen molar-refractivity contribution in [2.75, 3.05) is 24.5 Å². The van der Waals surface area contributed by atoms with Crippen LogP contribution >= 0.6 is 24.0 Å². The Morgan fingerprint density at radius 1 is 1.09 bits per heavy atom. The summed E-state index contributed by atoms with van der Waals surface area (Å²) in [5.74, 6) is 1.59. The van der Waals surface area contributed by atoms with Crippen molar-refractivity contribution in [1.82, 2.24) is 14.3 Å². The highest BCUT2D eigenvalue weighted by Crippen LogP contribution is 2.34. The van der Waals surface area contributed by atoms with Crippen LogP contribution in [0.5, 0.6) is 0 Å². The number of amides is 1. The van der Waals surface area contributed by atoms with Gasteiger partial charge >= 0.3 is 0 Å². The van der Waals surface area contributed by atoms with Crippen molar-refractivity contribution >= 4 is 51.7 Å². The summed E-state index contributed by atoms with van der Waals surface area (Å²) in [6.07, 6.45) is 11.6. The van der Waals surface area contributed by atoms with Gasteiger partial charge in [0.05, 0.1) is 10.5 Å². The number of anilines is 1. The van der Waals surface area contributed by atoms with Crippen LogP contribution in [0, 0.1) is 11.8 Å². The highest BCUT2D eigenvalue weighted by molar-refractivity contribution is 8.26. The van der Waals surface area contributed by atoms with Gasteiger partial charge in [-0.05, 0) is 42.9 Å². The van der Waals surface area contributed by atoms with Crippen molar-refractivity contribution in [3.63, 3.8) is 0 Å². The minimum absolute atomic E-state index is 0.0996. The van der Waals surface area contributed by atoms with E-state index in [4.69, 9.17) is 17.2 Å². The molecule has 0 radical (unpaired) electrons. The van der Waals surface area contributed by atoms with E-state index in [9.17, 15) is 9.59 Å². The number of pyridine rings is 1. The minimum Gasteiger partial charge on any atom is -0.355 e. The van der Waals surface area contributed by atoms with Gasteiger partial charge in [0.2, 0.25) is 0 Å². The van der Waals surface area contributed by atoms with Gasteiger partial charge in [0, 0.05) is 25.8 Å². The van der Waals surface area contributed by atoms with Crippen LogP contribution in [0.25, 0.3) is 11.7 Å². The fraction of sp³-hybridized carbons (Fsp3) is 0.556. The van der Waals surface area contributed by atoms with Crippen LogP contribution in [-0.2, 0) is 4.79 Å². The Labute approximate surface area is 217 Å². The lowest BCUT2D eigenvalue weighted by Crippen LogP contribution is -2.40. The van der Waals surface area contributed by atoms with Crippen LogP contribution in [0.15, 0.2) is 34.1 Å². The second-order valence-corrected chi connectivity index (χ2v) is 11.7. The maximum absolute atomic E-state index is 13.6. The van der Waals surface area contributed by atoms with E-state index in [1.54, 1.807) is 21.6 Å². The molecule has 2 atom stereocenters. The standard InChI is InChI=1S/C27H36N4O2S2/c1-4-5-6-7-8-10-14-31-26(33)22(35-27(31)34)16-21-24(29-17-19(2)15-20(3)18-29)28-23-12-9-11-13-30(23)25(21)32/h9,11-13,16,19-20H,4-8,10,14-15,17-18H2,1-3H3/b22-16-. The number of carbonyl (C=O) groups is 1. The zero-order chi connectivity index (χ0) is 24.9. The Kier molecular flexibility index (Phi) is 8.65. The van der Waals surface area contributed by atoms with Crippen LogP contribution in [0.3, 0.4) is 0 Å². The van der Waals surface area contributed by atoms with Gasteiger partial charge < -0.3 is 4.90 Å². The number of unbranched alkanes of at least 4 members (excludes halogenated alkanes) is 5. The maximum Gasteiger partial charge on any atom is 0.267 e. The van der Waals surface area contributed by atoms with E-state index in [0.717, 1.165) is 32.4 Å². The number of piperidine rings is 1. The van der Waals surface area contributed by atoms with Gasteiger partial charge in [-0.1, -0.05) is 82.9 Å². The van der Waals surface area contributed by atoms with E-state index < -0.39 is 0 Å². The molecule has 2 fully saturated rings. The third-order valence-electron chi connectivity index (χ3n) is 6.80. The second-order valence-electron chi connectivity index (χ2n) is 10.0. The maximum atomic E-state index is 13.6. The molecule has 1 amide bonds. The number of rotatable bonds is 9. The molecule has 8 heteroatoms. The SMILES string of the molecule is CCCCCCCCN1C(=O)/C(=C/c2c(N3CC(C)CC(C)C3)nc3ccccn3c2=O)SC1=S. The molecule has 2 aromatic rings. The summed E-state index contributed by atoms with van der Waals surface area (Å²) >= 11 is 6.84. The fourth-order valence-electron chi connectivity index (χ4n) is 5.17. The molecule has 4 heterocycles. The largest absolute Gasteiger partial charge is 0.355 e. The molecule has 0 aliphatic carbocycles. The van der Waals surface area contributed by atoms with Crippen LogP contribution in [0.2, 0.25) is 0 Å². The van der Waals surface area contributed by atoms with Crippen molar-refractivity contribution in [3.05, 3.63) is 45.2 Å². The van der Waals surface area contributed by atoms with Crippen LogP contribution < -0.4 is 10.5 Å². The highest BCUT2D eigenvalue weighted by atomic mass is 32.2. The molecular formula is C27H36N4O2S2. The summed E-state index contributed by atoms with van der Waals surface area (Å²) in [6, 6.07) is 5.57. The molecule has 2 aliphatic rings. The lowest BCUT2D eigenvalue weighted by molar-refractivity contribution is -0.122. The van der Waals surface area contributed by atoms with Gasteiger partial charge in [-0.2, -0.15) is 0 Å². The van der Waals surface area contributed by atoms with Crippen molar-refractivity contribution < 1.29 is 4.79 Å². The number of hydrogen-bond donors (Lipinski definition) is 0. The summed E-state index contributed by atoms with van der Waals surface area (Å²) in [7, 11) is 0. The van der Waals surface area contributed by atoms with E-state index in [-0.39, 0.29) is 11.5 Å². The topological polar surface area (TPSA) is 57.9 Å². The Morgan fingerprint density at radius 2 is 1.80 bits per heavy atom. The van der Waals surface area contributed by atoms with E-state index in [1.165, 1.54) is 37.4 Å². The number of nitrogens with zero attached hydrogens (tertiary/aromatic N) is 4. The van der Waals surface area contributed by atoms with Gasteiger partial charge in [-0.3, -0.25) is 18.9 Å². The first-order valence-corrected chi connectivity index (χ1v) is 14.1. The molecule has 6 nitrogen and oxygen atoms in total. The minimum atomic E-state index is -0.155.